The number of nitrogens with two attached hydrogens (primary N) is 1. The third kappa shape index (κ3) is 2.70. The van der Waals surface area contributed by atoms with Crippen molar-refractivity contribution in [1.82, 2.24) is 0 Å². The first-order valence-electron chi connectivity index (χ1n) is 5.91. The maximum Gasteiger partial charge on any atom is 0.203 e. The number of benzene rings is 1. The summed E-state index contributed by atoms with van der Waals surface area (Å²) < 4.78 is 16.1. The molecule has 2 N–H and O–H groups in total. The first-order chi connectivity index (χ1) is 8.36. The molecular weight excluding hydrogens is 230 g/mol. The van der Waals surface area contributed by atoms with Crippen LogP contribution in [-0.4, -0.2) is 21.3 Å². The Labute approximate surface area is 109 Å². The Morgan fingerprint density at radius 1 is 0.944 bits per heavy atom. The molecule has 0 heterocycles. The van der Waals surface area contributed by atoms with E-state index in [-0.39, 0.29) is 11.5 Å². The highest BCUT2D eigenvalue weighted by Crippen LogP contribution is 2.44. The summed E-state index contributed by atoms with van der Waals surface area (Å²) in [5.74, 6) is 1.86. The molecule has 1 aromatic rings. The van der Waals surface area contributed by atoms with Crippen LogP contribution in [0.1, 0.15) is 32.4 Å². The second-order valence-electron chi connectivity index (χ2n) is 5.27. The quantitative estimate of drug-likeness (QED) is 0.896. The Bertz CT molecular complexity index is 410. The molecule has 0 spiro atoms. The van der Waals surface area contributed by atoms with Gasteiger partial charge in [-0.2, -0.15) is 0 Å². The fourth-order valence-electron chi connectivity index (χ4n) is 1.84. The van der Waals surface area contributed by atoms with Gasteiger partial charge in [-0.05, 0) is 17.5 Å². The van der Waals surface area contributed by atoms with Gasteiger partial charge in [0.25, 0.3) is 0 Å². The van der Waals surface area contributed by atoms with E-state index in [1.807, 2.05) is 12.1 Å². The predicted octanol–water partition coefficient (Wildman–Crippen LogP) is 2.76. The monoisotopic (exact) mass is 253 g/mol. The molecule has 0 unspecified atom stereocenters. The molecular formula is C14H23NO3. The summed E-state index contributed by atoms with van der Waals surface area (Å²) in [6.45, 7) is 6.27. The highest BCUT2D eigenvalue weighted by molar-refractivity contribution is 5.56. The summed E-state index contributed by atoms with van der Waals surface area (Å²) in [5, 5.41) is 0. The van der Waals surface area contributed by atoms with Gasteiger partial charge in [0.1, 0.15) is 0 Å². The topological polar surface area (TPSA) is 53.7 Å². The van der Waals surface area contributed by atoms with Crippen molar-refractivity contribution in [2.45, 2.75) is 26.8 Å². The van der Waals surface area contributed by atoms with E-state index in [1.54, 1.807) is 21.3 Å². The number of methoxy groups -OCH3 is 3. The van der Waals surface area contributed by atoms with Gasteiger partial charge in [0.15, 0.2) is 11.5 Å². The third-order valence-corrected chi connectivity index (χ3v) is 3.00. The van der Waals surface area contributed by atoms with Crippen LogP contribution in [0.15, 0.2) is 12.1 Å². The normalized spacial score (nSPS) is 13.1. The first kappa shape index (κ1) is 14.6. The molecule has 0 amide bonds. The summed E-state index contributed by atoms with van der Waals surface area (Å²) in [7, 11) is 4.80. The van der Waals surface area contributed by atoms with E-state index in [0.29, 0.717) is 17.2 Å². The van der Waals surface area contributed by atoms with Crippen LogP contribution < -0.4 is 19.9 Å². The molecule has 1 rings (SSSR count). The van der Waals surface area contributed by atoms with E-state index in [0.717, 1.165) is 5.56 Å². The standard InChI is InChI=1S/C14H23NO3/c1-14(2,3)13(15)9-7-8-10(16-4)12(18-6)11(9)17-5/h7-8,13H,15H2,1-6H3/t13-/m0/s1. The Hall–Kier alpha value is -1.42. The Balaban J connectivity index is 3.38. The van der Waals surface area contributed by atoms with Crippen LogP contribution in [-0.2, 0) is 0 Å². The van der Waals surface area contributed by atoms with Crippen molar-refractivity contribution in [3.05, 3.63) is 17.7 Å². The number of rotatable bonds is 4. The maximum absolute atomic E-state index is 6.29. The molecule has 0 bridgehead atoms. The summed E-state index contributed by atoms with van der Waals surface area (Å²) in [4.78, 5) is 0. The zero-order chi connectivity index (χ0) is 13.9. The summed E-state index contributed by atoms with van der Waals surface area (Å²) in [5.41, 5.74) is 7.14. The molecule has 4 heteroatoms. The summed E-state index contributed by atoms with van der Waals surface area (Å²) in [6, 6.07) is 3.63. The second-order valence-corrected chi connectivity index (χ2v) is 5.27. The van der Waals surface area contributed by atoms with E-state index in [4.69, 9.17) is 19.9 Å². The zero-order valence-corrected chi connectivity index (χ0v) is 12.0. The average molecular weight is 253 g/mol. The SMILES string of the molecule is COc1ccc([C@H](N)C(C)(C)C)c(OC)c1OC. The number of hydrogen-bond donors (Lipinski definition) is 1. The zero-order valence-electron chi connectivity index (χ0n) is 12.0. The van der Waals surface area contributed by atoms with Crippen LogP contribution in [0.3, 0.4) is 0 Å². The van der Waals surface area contributed by atoms with Crippen LogP contribution in [0.5, 0.6) is 17.2 Å². The molecule has 0 aliphatic rings. The van der Waals surface area contributed by atoms with E-state index in [2.05, 4.69) is 20.8 Å². The highest BCUT2D eigenvalue weighted by atomic mass is 16.5. The Morgan fingerprint density at radius 2 is 1.50 bits per heavy atom. The van der Waals surface area contributed by atoms with E-state index in [9.17, 15) is 0 Å². The summed E-state index contributed by atoms with van der Waals surface area (Å²) >= 11 is 0. The van der Waals surface area contributed by atoms with Gasteiger partial charge in [0, 0.05) is 11.6 Å². The van der Waals surface area contributed by atoms with E-state index < -0.39 is 0 Å². The Kier molecular flexibility index (Phi) is 4.46. The second kappa shape index (κ2) is 5.48. The third-order valence-electron chi connectivity index (χ3n) is 3.00. The van der Waals surface area contributed by atoms with Crippen LogP contribution in [0, 0.1) is 5.41 Å². The van der Waals surface area contributed by atoms with Crippen molar-refractivity contribution < 1.29 is 14.2 Å². The van der Waals surface area contributed by atoms with Crippen molar-refractivity contribution in [3.63, 3.8) is 0 Å². The van der Waals surface area contributed by atoms with Crippen molar-refractivity contribution in [2.24, 2.45) is 11.1 Å². The van der Waals surface area contributed by atoms with E-state index >= 15 is 0 Å². The fourth-order valence-corrected chi connectivity index (χ4v) is 1.84. The largest absolute Gasteiger partial charge is 0.493 e. The highest BCUT2D eigenvalue weighted by Gasteiger charge is 2.27. The van der Waals surface area contributed by atoms with Crippen molar-refractivity contribution in [2.75, 3.05) is 21.3 Å². The molecule has 0 saturated heterocycles. The lowest BCUT2D eigenvalue weighted by molar-refractivity contribution is 0.296. The smallest absolute Gasteiger partial charge is 0.203 e. The van der Waals surface area contributed by atoms with Crippen molar-refractivity contribution >= 4 is 0 Å². The lowest BCUT2D eigenvalue weighted by Gasteiger charge is -2.29. The Morgan fingerprint density at radius 3 is 1.89 bits per heavy atom. The number of hydrogen-bond acceptors (Lipinski definition) is 4. The first-order valence-corrected chi connectivity index (χ1v) is 5.91. The van der Waals surface area contributed by atoms with Gasteiger partial charge in [0.2, 0.25) is 5.75 Å². The van der Waals surface area contributed by atoms with Gasteiger partial charge < -0.3 is 19.9 Å². The van der Waals surface area contributed by atoms with E-state index in [1.165, 1.54) is 0 Å². The lowest BCUT2D eigenvalue weighted by Crippen LogP contribution is -2.26. The van der Waals surface area contributed by atoms with Gasteiger partial charge in [-0.15, -0.1) is 0 Å². The predicted molar refractivity (Wildman–Crippen MR) is 72.5 cm³/mol. The molecule has 1 atom stereocenters. The molecule has 102 valence electrons. The molecule has 0 aliphatic carbocycles. The van der Waals surface area contributed by atoms with Gasteiger partial charge in [-0.1, -0.05) is 20.8 Å². The van der Waals surface area contributed by atoms with Crippen LogP contribution in [0.4, 0.5) is 0 Å². The van der Waals surface area contributed by atoms with Gasteiger partial charge in [0.05, 0.1) is 21.3 Å². The van der Waals surface area contributed by atoms with Crippen molar-refractivity contribution in [3.8, 4) is 17.2 Å². The van der Waals surface area contributed by atoms with Gasteiger partial charge in [-0.3, -0.25) is 0 Å². The van der Waals surface area contributed by atoms with Gasteiger partial charge >= 0.3 is 0 Å². The molecule has 0 radical (unpaired) electrons. The molecule has 4 nitrogen and oxygen atoms in total. The molecule has 0 aliphatic heterocycles. The van der Waals surface area contributed by atoms with Crippen LogP contribution >= 0.6 is 0 Å². The van der Waals surface area contributed by atoms with Crippen molar-refractivity contribution in [1.29, 1.82) is 0 Å². The minimum absolute atomic E-state index is 0.0626. The summed E-state index contributed by atoms with van der Waals surface area (Å²) in [6.07, 6.45) is 0. The minimum atomic E-state index is -0.146. The average Bonchev–Trinajstić information content (AvgIpc) is 2.34. The molecule has 0 fully saturated rings. The minimum Gasteiger partial charge on any atom is -0.493 e. The molecule has 0 saturated carbocycles. The molecule has 0 aromatic heterocycles. The maximum atomic E-state index is 6.29. The number of ether oxygens (including phenoxy) is 3. The van der Waals surface area contributed by atoms with Gasteiger partial charge in [-0.25, -0.2) is 0 Å². The molecule has 18 heavy (non-hydrogen) atoms. The molecule has 1 aromatic carbocycles. The van der Waals surface area contributed by atoms with Crippen LogP contribution in [0.2, 0.25) is 0 Å². The van der Waals surface area contributed by atoms with Crippen LogP contribution in [0.25, 0.3) is 0 Å². The fraction of sp³-hybridized carbons (Fsp3) is 0.571. The lowest BCUT2D eigenvalue weighted by atomic mass is 9.82.